The van der Waals surface area contributed by atoms with Crippen LogP contribution in [0.4, 0.5) is 0 Å². The van der Waals surface area contributed by atoms with Crippen molar-refractivity contribution in [3.05, 3.63) is 34.0 Å². The van der Waals surface area contributed by atoms with E-state index in [1.807, 2.05) is 13.0 Å². The van der Waals surface area contributed by atoms with Crippen LogP contribution in [-0.2, 0) is 14.3 Å². The molecule has 3 aliphatic rings. The number of hydrogen-bond donors (Lipinski definition) is 0. The number of ketones is 2. The Labute approximate surface area is 142 Å². The lowest BCUT2D eigenvalue weighted by Gasteiger charge is -2.16. The molecule has 2 bridgehead atoms. The van der Waals surface area contributed by atoms with E-state index in [4.69, 9.17) is 4.74 Å². The number of ether oxygens (including phenoxy) is 1. The number of aryl methyl sites for hydroxylation is 1. The summed E-state index contributed by atoms with van der Waals surface area (Å²) < 4.78 is 5.82. The Hall–Kier alpha value is -1.30. The molecule has 1 unspecified atom stereocenters. The minimum atomic E-state index is -0.554. The fraction of sp³-hybridized carbons (Fsp3) is 0.444. The smallest absolute Gasteiger partial charge is 0.154 e. The number of Topliss-reactive ketones (excluding diaryl/α,β-unsaturated/α-hetero) is 2. The maximum absolute atomic E-state index is 12.9. The van der Waals surface area contributed by atoms with Crippen LogP contribution in [0.5, 0.6) is 0 Å². The number of rotatable bonds is 2. The quantitative estimate of drug-likeness (QED) is 0.778. The van der Waals surface area contributed by atoms with Gasteiger partial charge >= 0.3 is 0 Å². The fourth-order valence-corrected chi connectivity index (χ4v) is 6.44. The van der Waals surface area contributed by atoms with Crippen molar-refractivity contribution >= 4 is 34.2 Å². The van der Waals surface area contributed by atoms with Gasteiger partial charge < -0.3 is 4.74 Å². The van der Waals surface area contributed by atoms with Crippen LogP contribution in [-0.4, -0.2) is 23.8 Å². The zero-order valence-corrected chi connectivity index (χ0v) is 14.3. The van der Waals surface area contributed by atoms with Gasteiger partial charge in [0.1, 0.15) is 5.92 Å². The summed E-state index contributed by atoms with van der Waals surface area (Å²) in [7, 11) is 0. The maximum Gasteiger partial charge on any atom is 0.154 e. The Kier molecular flexibility index (Phi) is 2.97. The van der Waals surface area contributed by atoms with E-state index in [2.05, 4.69) is 17.5 Å². The highest BCUT2D eigenvalue weighted by Gasteiger charge is 2.63. The lowest BCUT2D eigenvalue weighted by Crippen LogP contribution is -2.29. The molecule has 0 radical (unpaired) electrons. The van der Waals surface area contributed by atoms with E-state index in [1.54, 1.807) is 22.7 Å². The second-order valence-corrected chi connectivity index (χ2v) is 8.88. The minimum absolute atomic E-state index is 0.0119. The molecular weight excluding hydrogens is 328 g/mol. The van der Waals surface area contributed by atoms with Crippen molar-refractivity contribution < 1.29 is 14.3 Å². The van der Waals surface area contributed by atoms with Gasteiger partial charge in [0.2, 0.25) is 0 Å². The van der Waals surface area contributed by atoms with Gasteiger partial charge in [0, 0.05) is 14.6 Å². The van der Waals surface area contributed by atoms with E-state index in [-0.39, 0.29) is 35.6 Å². The third kappa shape index (κ3) is 1.84. The van der Waals surface area contributed by atoms with Crippen LogP contribution < -0.4 is 0 Å². The Morgan fingerprint density at radius 3 is 2.39 bits per heavy atom. The summed E-state index contributed by atoms with van der Waals surface area (Å²) in [5, 5.41) is 2.05. The topological polar surface area (TPSA) is 43.4 Å². The molecule has 0 N–H and O–H groups in total. The van der Waals surface area contributed by atoms with Gasteiger partial charge in [0.25, 0.3) is 0 Å². The molecule has 0 aromatic carbocycles. The molecular formula is C18H16O3S2. The van der Waals surface area contributed by atoms with Crippen molar-refractivity contribution in [1.29, 1.82) is 0 Å². The van der Waals surface area contributed by atoms with Crippen LogP contribution in [0.2, 0.25) is 0 Å². The predicted molar refractivity (Wildman–Crippen MR) is 90.0 cm³/mol. The number of carbonyl (C=O) groups excluding carboxylic acids is 2. The number of thiophene rings is 2. The highest BCUT2D eigenvalue weighted by atomic mass is 32.1. The summed E-state index contributed by atoms with van der Waals surface area (Å²) in [6.07, 6.45) is 1.84. The molecule has 5 atom stereocenters. The summed E-state index contributed by atoms with van der Waals surface area (Å²) in [6, 6.07) is 6.18. The molecule has 3 nitrogen and oxygen atoms in total. The van der Waals surface area contributed by atoms with Gasteiger partial charge in [0.05, 0.1) is 24.0 Å². The van der Waals surface area contributed by atoms with Gasteiger partial charge in [-0.2, -0.15) is 0 Å². The first-order chi connectivity index (χ1) is 11.1. The molecule has 5 heteroatoms. The SMILES string of the molecule is Cc1sc(-c2cccs2)cc1C1C(=O)[C@@H]2[C@H](C1=O)[C@@H]1CC[C@H]2O1. The number of carbonyl (C=O) groups is 2. The van der Waals surface area contributed by atoms with Crippen LogP contribution in [0.15, 0.2) is 23.6 Å². The van der Waals surface area contributed by atoms with Crippen LogP contribution in [0.1, 0.15) is 29.2 Å². The van der Waals surface area contributed by atoms with Crippen molar-refractivity contribution in [2.75, 3.05) is 0 Å². The van der Waals surface area contributed by atoms with Gasteiger partial charge in [-0.1, -0.05) is 6.07 Å². The third-order valence-electron chi connectivity index (χ3n) is 5.53. The normalized spacial score (nSPS) is 35.3. The number of hydrogen-bond acceptors (Lipinski definition) is 5. The highest BCUT2D eigenvalue weighted by Crippen LogP contribution is 2.53. The Morgan fingerprint density at radius 2 is 1.78 bits per heavy atom. The summed E-state index contributed by atoms with van der Waals surface area (Å²) in [6.45, 7) is 2.02. The van der Waals surface area contributed by atoms with E-state index in [0.717, 1.165) is 28.2 Å². The second kappa shape index (κ2) is 4.85. The van der Waals surface area contributed by atoms with Crippen LogP contribution in [0.25, 0.3) is 9.75 Å². The van der Waals surface area contributed by atoms with Crippen molar-refractivity contribution in [3.8, 4) is 9.75 Å². The molecule has 2 saturated heterocycles. The average molecular weight is 344 g/mol. The van der Waals surface area contributed by atoms with Gasteiger partial charge in [-0.3, -0.25) is 9.59 Å². The lowest BCUT2D eigenvalue weighted by molar-refractivity contribution is -0.127. The maximum atomic E-state index is 12.9. The van der Waals surface area contributed by atoms with E-state index < -0.39 is 5.92 Å². The Morgan fingerprint density at radius 1 is 1.09 bits per heavy atom. The first-order valence-electron chi connectivity index (χ1n) is 8.02. The number of fused-ring (bicyclic) bond motifs is 5. The summed E-state index contributed by atoms with van der Waals surface area (Å²) >= 11 is 3.37. The van der Waals surface area contributed by atoms with Crippen molar-refractivity contribution in [1.82, 2.24) is 0 Å². The van der Waals surface area contributed by atoms with Crippen molar-refractivity contribution in [3.63, 3.8) is 0 Å². The molecule has 1 aliphatic carbocycles. The molecule has 118 valence electrons. The predicted octanol–water partition coefficient (Wildman–Crippen LogP) is 3.81. The van der Waals surface area contributed by atoms with Gasteiger partial charge in [-0.15, -0.1) is 22.7 Å². The Bertz CT molecular complexity index is 776. The zero-order valence-electron chi connectivity index (χ0n) is 12.7. The van der Waals surface area contributed by atoms with E-state index in [0.29, 0.717) is 0 Å². The molecule has 3 fully saturated rings. The monoisotopic (exact) mass is 344 g/mol. The van der Waals surface area contributed by atoms with Gasteiger partial charge in [-0.05, 0) is 42.8 Å². The average Bonchev–Trinajstić information content (AvgIpc) is 3.30. The molecule has 0 spiro atoms. The van der Waals surface area contributed by atoms with Crippen LogP contribution >= 0.6 is 22.7 Å². The summed E-state index contributed by atoms with van der Waals surface area (Å²) in [5.41, 5.74) is 0.933. The molecule has 4 heterocycles. The third-order valence-corrected chi connectivity index (χ3v) is 7.66. The highest BCUT2D eigenvalue weighted by molar-refractivity contribution is 7.21. The zero-order chi connectivity index (χ0) is 15.7. The fourth-order valence-electron chi connectivity index (χ4n) is 4.56. The van der Waals surface area contributed by atoms with E-state index >= 15 is 0 Å². The molecule has 2 aromatic heterocycles. The second-order valence-electron chi connectivity index (χ2n) is 6.68. The standard InChI is InChI=1S/C18H16O3S2/c1-8-9(7-13(23-8)12-3-2-6-22-12)14-17(19)15-10-4-5-11(21-10)16(15)18(14)20/h2-3,6-7,10-11,14-16H,4-5H2,1H3/t10-,11+,14?,15+,16-. The first-order valence-corrected chi connectivity index (χ1v) is 9.72. The van der Waals surface area contributed by atoms with Crippen molar-refractivity contribution in [2.45, 2.75) is 37.9 Å². The van der Waals surface area contributed by atoms with Crippen LogP contribution in [0, 0.1) is 18.8 Å². The first kappa shape index (κ1) is 14.1. The Balaban J connectivity index is 1.55. The molecule has 2 aliphatic heterocycles. The largest absolute Gasteiger partial charge is 0.373 e. The van der Waals surface area contributed by atoms with Gasteiger partial charge in [0.15, 0.2) is 11.6 Å². The molecule has 0 amide bonds. The van der Waals surface area contributed by atoms with Crippen LogP contribution in [0.3, 0.4) is 0 Å². The molecule has 2 aromatic rings. The summed E-state index contributed by atoms with van der Waals surface area (Å²) in [5.74, 6) is -0.718. The molecule has 23 heavy (non-hydrogen) atoms. The molecule has 1 saturated carbocycles. The minimum Gasteiger partial charge on any atom is -0.373 e. The van der Waals surface area contributed by atoms with E-state index in [1.165, 1.54) is 4.88 Å². The molecule has 5 rings (SSSR count). The lowest BCUT2D eigenvalue weighted by atomic mass is 9.81. The van der Waals surface area contributed by atoms with Gasteiger partial charge in [-0.25, -0.2) is 0 Å². The van der Waals surface area contributed by atoms with Crippen molar-refractivity contribution in [2.24, 2.45) is 11.8 Å². The van der Waals surface area contributed by atoms with E-state index in [9.17, 15) is 9.59 Å². The summed E-state index contributed by atoms with van der Waals surface area (Å²) in [4.78, 5) is 29.3.